The average molecular weight is 262 g/mol. The molecule has 0 atom stereocenters. The lowest BCUT2D eigenvalue weighted by Gasteiger charge is -2.06. The van der Waals surface area contributed by atoms with E-state index in [0.717, 1.165) is 0 Å². The molecular weight excluding hydrogens is 248 g/mol. The van der Waals surface area contributed by atoms with Crippen LogP contribution in [0.15, 0.2) is 34.9 Å². The number of anilines is 1. The van der Waals surface area contributed by atoms with Crippen molar-refractivity contribution in [3.8, 4) is 5.75 Å². The van der Waals surface area contributed by atoms with Crippen LogP contribution in [0.2, 0.25) is 0 Å². The van der Waals surface area contributed by atoms with Crippen molar-refractivity contribution in [1.82, 2.24) is 5.16 Å². The largest absolute Gasteiger partial charge is 0.491 e. The van der Waals surface area contributed by atoms with Crippen LogP contribution in [0, 0.1) is 6.92 Å². The number of carbonyl (C=O) groups is 1. The number of amides is 1. The molecule has 19 heavy (non-hydrogen) atoms. The summed E-state index contributed by atoms with van der Waals surface area (Å²) < 4.78 is 10.0. The summed E-state index contributed by atoms with van der Waals surface area (Å²) in [5, 5.41) is 15.0. The fourth-order valence-electron chi connectivity index (χ4n) is 1.47. The number of hydrogen-bond acceptors (Lipinski definition) is 5. The number of nitrogens with zero attached hydrogens (tertiary/aromatic N) is 1. The number of benzene rings is 1. The minimum absolute atomic E-state index is 0.0377. The van der Waals surface area contributed by atoms with E-state index in [9.17, 15) is 4.79 Å². The molecule has 0 saturated heterocycles. The van der Waals surface area contributed by atoms with Crippen molar-refractivity contribution in [3.63, 3.8) is 0 Å². The van der Waals surface area contributed by atoms with Gasteiger partial charge in [0.2, 0.25) is 0 Å². The number of aryl methyl sites for hydroxylation is 1. The topological polar surface area (TPSA) is 84.6 Å². The smallest absolute Gasteiger partial charge is 0.277 e. The molecule has 1 aromatic heterocycles. The van der Waals surface area contributed by atoms with Gasteiger partial charge in [0.15, 0.2) is 5.69 Å². The van der Waals surface area contributed by atoms with Gasteiger partial charge in [-0.2, -0.15) is 0 Å². The van der Waals surface area contributed by atoms with Crippen molar-refractivity contribution in [2.24, 2.45) is 0 Å². The van der Waals surface area contributed by atoms with Crippen LogP contribution in [0.1, 0.15) is 16.2 Å². The first kappa shape index (κ1) is 13.1. The summed E-state index contributed by atoms with van der Waals surface area (Å²) >= 11 is 0. The lowest BCUT2D eigenvalue weighted by atomic mass is 10.3. The summed E-state index contributed by atoms with van der Waals surface area (Å²) in [6.07, 6.45) is 0. The predicted octanol–water partition coefficient (Wildman–Crippen LogP) is 1.61. The lowest BCUT2D eigenvalue weighted by molar-refractivity contribution is 0.101. The van der Waals surface area contributed by atoms with Crippen LogP contribution in [-0.4, -0.2) is 29.4 Å². The highest BCUT2D eigenvalue weighted by Gasteiger charge is 2.10. The average Bonchev–Trinajstić information content (AvgIpc) is 2.85. The van der Waals surface area contributed by atoms with Crippen LogP contribution < -0.4 is 10.1 Å². The van der Waals surface area contributed by atoms with Gasteiger partial charge in [-0.1, -0.05) is 5.16 Å². The molecule has 0 spiro atoms. The highest BCUT2D eigenvalue weighted by molar-refractivity contribution is 6.02. The number of ether oxygens (including phenoxy) is 1. The number of carbonyl (C=O) groups excluding carboxylic acids is 1. The third-order valence-electron chi connectivity index (χ3n) is 2.33. The maximum Gasteiger partial charge on any atom is 0.277 e. The fraction of sp³-hybridized carbons (Fsp3) is 0.231. The standard InChI is InChI=1S/C13H14N2O4/c1-9-8-12(15-19-9)13(17)14-10-2-4-11(5-3-10)18-7-6-16/h2-5,8,16H,6-7H2,1H3,(H,14,17). The summed E-state index contributed by atoms with van der Waals surface area (Å²) in [7, 11) is 0. The number of aliphatic hydroxyl groups is 1. The van der Waals surface area contributed by atoms with Crippen LogP contribution in [0.4, 0.5) is 5.69 Å². The number of rotatable bonds is 5. The molecule has 0 saturated carbocycles. The van der Waals surface area contributed by atoms with Crippen LogP contribution >= 0.6 is 0 Å². The molecule has 100 valence electrons. The van der Waals surface area contributed by atoms with Gasteiger partial charge >= 0.3 is 0 Å². The first-order valence-corrected chi connectivity index (χ1v) is 5.77. The first-order valence-electron chi connectivity index (χ1n) is 5.77. The molecule has 0 radical (unpaired) electrons. The van der Waals surface area contributed by atoms with Crippen LogP contribution in [0.25, 0.3) is 0 Å². The van der Waals surface area contributed by atoms with Gasteiger partial charge in [0.1, 0.15) is 18.1 Å². The summed E-state index contributed by atoms with van der Waals surface area (Å²) in [5.74, 6) is 0.878. The normalized spacial score (nSPS) is 10.2. The van der Waals surface area contributed by atoms with Gasteiger partial charge in [-0.15, -0.1) is 0 Å². The van der Waals surface area contributed by atoms with E-state index in [2.05, 4.69) is 10.5 Å². The van der Waals surface area contributed by atoms with Crippen LogP contribution in [0.5, 0.6) is 5.75 Å². The number of aliphatic hydroxyl groups excluding tert-OH is 1. The van der Waals surface area contributed by atoms with E-state index < -0.39 is 0 Å². The fourth-order valence-corrected chi connectivity index (χ4v) is 1.47. The Balaban J connectivity index is 1.97. The maximum atomic E-state index is 11.8. The second kappa shape index (κ2) is 6.01. The zero-order valence-corrected chi connectivity index (χ0v) is 10.4. The summed E-state index contributed by atoms with van der Waals surface area (Å²) in [4.78, 5) is 11.8. The van der Waals surface area contributed by atoms with E-state index in [4.69, 9.17) is 14.4 Å². The Labute approximate surface area is 110 Å². The summed E-state index contributed by atoms with van der Waals surface area (Å²) in [5.41, 5.74) is 0.861. The van der Waals surface area contributed by atoms with E-state index in [1.54, 1.807) is 37.3 Å². The van der Waals surface area contributed by atoms with Gasteiger partial charge in [-0.3, -0.25) is 4.79 Å². The van der Waals surface area contributed by atoms with Crippen molar-refractivity contribution in [2.45, 2.75) is 6.92 Å². The van der Waals surface area contributed by atoms with Crippen LogP contribution in [0.3, 0.4) is 0 Å². The molecule has 0 aliphatic heterocycles. The predicted molar refractivity (Wildman–Crippen MR) is 68.2 cm³/mol. The Morgan fingerprint density at radius 1 is 1.42 bits per heavy atom. The van der Waals surface area contributed by atoms with Gasteiger partial charge in [-0.25, -0.2) is 0 Å². The quantitative estimate of drug-likeness (QED) is 0.855. The zero-order chi connectivity index (χ0) is 13.7. The van der Waals surface area contributed by atoms with Crippen molar-refractivity contribution < 1.29 is 19.2 Å². The molecule has 0 unspecified atom stereocenters. The second-order valence-electron chi connectivity index (χ2n) is 3.87. The Kier molecular flexibility index (Phi) is 4.15. The van der Waals surface area contributed by atoms with E-state index in [1.807, 2.05) is 0 Å². The third-order valence-corrected chi connectivity index (χ3v) is 2.33. The molecule has 1 heterocycles. The van der Waals surface area contributed by atoms with Crippen molar-refractivity contribution in [3.05, 3.63) is 41.8 Å². The van der Waals surface area contributed by atoms with Crippen LogP contribution in [-0.2, 0) is 0 Å². The number of nitrogens with one attached hydrogen (secondary N) is 1. The highest BCUT2D eigenvalue weighted by atomic mass is 16.5. The minimum atomic E-state index is -0.333. The first-order chi connectivity index (χ1) is 9.19. The molecule has 2 rings (SSSR count). The van der Waals surface area contributed by atoms with E-state index in [1.165, 1.54) is 0 Å². The Hall–Kier alpha value is -2.34. The Morgan fingerprint density at radius 2 is 2.16 bits per heavy atom. The van der Waals surface area contributed by atoms with E-state index in [-0.39, 0.29) is 24.8 Å². The van der Waals surface area contributed by atoms with Gasteiger partial charge in [0.05, 0.1) is 6.61 Å². The number of aromatic nitrogens is 1. The molecule has 1 aromatic carbocycles. The monoisotopic (exact) mass is 262 g/mol. The molecule has 0 aliphatic rings. The number of hydrogen-bond donors (Lipinski definition) is 2. The highest BCUT2D eigenvalue weighted by Crippen LogP contribution is 2.16. The van der Waals surface area contributed by atoms with Crippen molar-refractivity contribution >= 4 is 11.6 Å². The Bertz CT molecular complexity index is 548. The van der Waals surface area contributed by atoms with Gasteiger partial charge in [-0.05, 0) is 31.2 Å². The van der Waals surface area contributed by atoms with Crippen molar-refractivity contribution in [2.75, 3.05) is 18.5 Å². The summed E-state index contributed by atoms with van der Waals surface area (Å²) in [6, 6.07) is 8.39. The summed E-state index contributed by atoms with van der Waals surface area (Å²) in [6.45, 7) is 1.92. The molecule has 2 aromatic rings. The SMILES string of the molecule is Cc1cc(C(=O)Nc2ccc(OCCO)cc2)no1. The van der Waals surface area contributed by atoms with E-state index in [0.29, 0.717) is 17.2 Å². The van der Waals surface area contributed by atoms with Crippen molar-refractivity contribution in [1.29, 1.82) is 0 Å². The van der Waals surface area contributed by atoms with Gasteiger partial charge in [0, 0.05) is 11.8 Å². The zero-order valence-electron chi connectivity index (χ0n) is 10.4. The Morgan fingerprint density at radius 3 is 2.74 bits per heavy atom. The maximum absolute atomic E-state index is 11.8. The van der Waals surface area contributed by atoms with Gasteiger partial charge in [0.25, 0.3) is 5.91 Å². The molecule has 0 aliphatic carbocycles. The third kappa shape index (κ3) is 3.56. The lowest BCUT2D eigenvalue weighted by Crippen LogP contribution is -2.12. The van der Waals surface area contributed by atoms with Gasteiger partial charge < -0.3 is 19.7 Å². The molecule has 2 N–H and O–H groups in total. The molecular formula is C13H14N2O4. The molecule has 6 nitrogen and oxygen atoms in total. The molecule has 1 amide bonds. The molecule has 0 bridgehead atoms. The second-order valence-corrected chi connectivity index (χ2v) is 3.87. The van der Waals surface area contributed by atoms with E-state index >= 15 is 0 Å². The molecule has 0 fully saturated rings. The molecule has 6 heteroatoms. The minimum Gasteiger partial charge on any atom is -0.491 e.